The molecule has 4 rings (SSSR count). The molecule has 3 nitrogen and oxygen atoms in total. The molecule has 1 fully saturated rings. The molecule has 0 radical (unpaired) electrons. The first-order valence-corrected chi connectivity index (χ1v) is 8.99. The topological polar surface area (TPSA) is 40.5 Å². The summed E-state index contributed by atoms with van der Waals surface area (Å²) >= 11 is 0. The Balaban J connectivity index is 1.63. The lowest BCUT2D eigenvalue weighted by Crippen LogP contribution is -2.40. The summed E-state index contributed by atoms with van der Waals surface area (Å²) in [7, 11) is 0. The highest BCUT2D eigenvalue weighted by atomic mass is 19.1. The number of benzene rings is 2. The van der Waals surface area contributed by atoms with E-state index in [4.69, 9.17) is 0 Å². The maximum absolute atomic E-state index is 14.0. The highest BCUT2D eigenvalue weighted by Crippen LogP contribution is 2.33. The molecule has 5 heteroatoms. The van der Waals surface area contributed by atoms with Gasteiger partial charge in [-0.3, -0.25) is 4.79 Å². The molecule has 0 saturated heterocycles. The molecule has 2 aliphatic rings. The molecule has 1 N–H and O–H groups in total. The summed E-state index contributed by atoms with van der Waals surface area (Å²) in [6.07, 6.45) is 2.35. The van der Waals surface area contributed by atoms with Crippen LogP contribution >= 0.6 is 0 Å². The van der Waals surface area contributed by atoms with E-state index in [-0.39, 0.29) is 11.9 Å². The van der Waals surface area contributed by atoms with Gasteiger partial charge in [0.15, 0.2) is 0 Å². The van der Waals surface area contributed by atoms with Crippen LogP contribution in [0.15, 0.2) is 30.3 Å². The third-order valence-corrected chi connectivity index (χ3v) is 5.63. The zero-order chi connectivity index (χ0) is 18.4. The molecule has 0 spiro atoms. The minimum absolute atomic E-state index is 0.0632. The van der Waals surface area contributed by atoms with Gasteiger partial charge in [0.25, 0.3) is 5.91 Å². The van der Waals surface area contributed by atoms with Crippen LogP contribution in [0.4, 0.5) is 8.78 Å². The number of aliphatic hydroxyl groups is 1. The van der Waals surface area contributed by atoms with E-state index in [0.29, 0.717) is 24.1 Å². The summed E-state index contributed by atoms with van der Waals surface area (Å²) in [5.74, 6) is -1.24. The van der Waals surface area contributed by atoms with Crippen molar-refractivity contribution >= 4 is 5.91 Å². The number of aryl methyl sites for hydroxylation is 1. The van der Waals surface area contributed by atoms with Crippen molar-refractivity contribution in [1.82, 2.24) is 4.90 Å². The quantitative estimate of drug-likeness (QED) is 0.909. The SMILES string of the molecule is Cc1cc2c(cc1Cc1ccc(F)cc1F)C(=O)N(C1CCCC1O)C2. The van der Waals surface area contributed by atoms with Crippen LogP contribution in [0.1, 0.15) is 51.9 Å². The Hall–Kier alpha value is -2.27. The van der Waals surface area contributed by atoms with Crippen molar-refractivity contribution in [2.75, 3.05) is 0 Å². The first-order chi connectivity index (χ1) is 12.4. The minimum atomic E-state index is -0.599. The summed E-state index contributed by atoms with van der Waals surface area (Å²) in [6.45, 7) is 2.45. The molecule has 2 aromatic rings. The van der Waals surface area contributed by atoms with E-state index in [1.54, 1.807) is 4.90 Å². The Kier molecular flexibility index (Phi) is 4.27. The third kappa shape index (κ3) is 2.90. The van der Waals surface area contributed by atoms with Gasteiger partial charge in [0.1, 0.15) is 11.6 Å². The third-order valence-electron chi connectivity index (χ3n) is 5.63. The monoisotopic (exact) mass is 357 g/mol. The second-order valence-corrected chi connectivity index (χ2v) is 7.35. The zero-order valence-electron chi connectivity index (χ0n) is 14.6. The average Bonchev–Trinajstić information content (AvgIpc) is 3.14. The lowest BCUT2D eigenvalue weighted by molar-refractivity contribution is 0.0479. The van der Waals surface area contributed by atoms with E-state index >= 15 is 0 Å². The van der Waals surface area contributed by atoms with Gasteiger partial charge in [0.2, 0.25) is 0 Å². The fourth-order valence-electron chi connectivity index (χ4n) is 4.17. The van der Waals surface area contributed by atoms with Gasteiger partial charge in [-0.2, -0.15) is 0 Å². The van der Waals surface area contributed by atoms with E-state index in [0.717, 1.165) is 42.0 Å². The molecule has 1 heterocycles. The fraction of sp³-hybridized carbons (Fsp3) is 0.381. The first kappa shape index (κ1) is 17.2. The first-order valence-electron chi connectivity index (χ1n) is 8.99. The largest absolute Gasteiger partial charge is 0.391 e. The lowest BCUT2D eigenvalue weighted by atomic mass is 9.95. The maximum Gasteiger partial charge on any atom is 0.254 e. The molecule has 136 valence electrons. The number of hydrogen-bond acceptors (Lipinski definition) is 2. The summed E-state index contributed by atoms with van der Waals surface area (Å²) in [6, 6.07) is 7.26. The predicted octanol–water partition coefficient (Wildman–Crippen LogP) is 3.73. The molecule has 1 aliphatic heterocycles. The molecule has 2 aromatic carbocycles. The number of fused-ring (bicyclic) bond motifs is 1. The van der Waals surface area contributed by atoms with Gasteiger partial charge in [-0.1, -0.05) is 12.1 Å². The van der Waals surface area contributed by atoms with E-state index in [1.807, 2.05) is 19.1 Å². The Morgan fingerprint density at radius 1 is 1.15 bits per heavy atom. The van der Waals surface area contributed by atoms with Crippen LogP contribution in [-0.4, -0.2) is 28.1 Å². The van der Waals surface area contributed by atoms with Crippen molar-refractivity contribution in [2.45, 2.75) is 51.3 Å². The second-order valence-electron chi connectivity index (χ2n) is 7.35. The van der Waals surface area contributed by atoms with Crippen molar-refractivity contribution in [1.29, 1.82) is 0 Å². The van der Waals surface area contributed by atoms with Crippen LogP contribution in [0.25, 0.3) is 0 Å². The van der Waals surface area contributed by atoms with Gasteiger partial charge in [-0.15, -0.1) is 0 Å². The van der Waals surface area contributed by atoms with Crippen LogP contribution in [0.3, 0.4) is 0 Å². The number of halogens is 2. The van der Waals surface area contributed by atoms with Crippen molar-refractivity contribution in [3.05, 3.63) is 69.8 Å². The molecule has 1 amide bonds. The highest BCUT2D eigenvalue weighted by Gasteiger charge is 2.38. The number of amides is 1. The van der Waals surface area contributed by atoms with Crippen molar-refractivity contribution < 1.29 is 18.7 Å². The van der Waals surface area contributed by atoms with Crippen LogP contribution in [0.5, 0.6) is 0 Å². The fourth-order valence-corrected chi connectivity index (χ4v) is 4.17. The molecule has 2 unspecified atom stereocenters. The smallest absolute Gasteiger partial charge is 0.254 e. The average molecular weight is 357 g/mol. The van der Waals surface area contributed by atoms with Crippen LogP contribution in [0, 0.1) is 18.6 Å². The summed E-state index contributed by atoms with van der Waals surface area (Å²) in [5.41, 5.74) is 3.83. The van der Waals surface area contributed by atoms with E-state index in [9.17, 15) is 18.7 Å². The van der Waals surface area contributed by atoms with E-state index in [2.05, 4.69) is 0 Å². The van der Waals surface area contributed by atoms with Gasteiger partial charge < -0.3 is 10.0 Å². The van der Waals surface area contributed by atoms with Crippen molar-refractivity contribution in [3.63, 3.8) is 0 Å². The Morgan fingerprint density at radius 2 is 1.96 bits per heavy atom. The van der Waals surface area contributed by atoms with Gasteiger partial charge in [-0.25, -0.2) is 8.78 Å². The molecule has 2 atom stereocenters. The Bertz CT molecular complexity index is 881. The van der Waals surface area contributed by atoms with Gasteiger partial charge in [0.05, 0.1) is 12.1 Å². The number of hydrogen-bond donors (Lipinski definition) is 1. The zero-order valence-corrected chi connectivity index (χ0v) is 14.6. The maximum atomic E-state index is 14.0. The van der Waals surface area contributed by atoms with Gasteiger partial charge in [-0.05, 0) is 60.6 Å². The Morgan fingerprint density at radius 3 is 2.65 bits per heavy atom. The number of rotatable bonds is 3. The van der Waals surface area contributed by atoms with Gasteiger partial charge in [0, 0.05) is 24.6 Å². The number of carbonyl (C=O) groups excluding carboxylic acids is 1. The normalized spacial score (nSPS) is 22.2. The van der Waals surface area contributed by atoms with Crippen LogP contribution in [0.2, 0.25) is 0 Å². The minimum Gasteiger partial charge on any atom is -0.391 e. The number of aliphatic hydroxyl groups excluding tert-OH is 1. The van der Waals surface area contributed by atoms with Crippen LogP contribution < -0.4 is 0 Å². The molecular formula is C21H21F2NO2. The molecular weight excluding hydrogens is 336 g/mol. The molecule has 1 aliphatic carbocycles. The van der Waals surface area contributed by atoms with E-state index < -0.39 is 17.7 Å². The van der Waals surface area contributed by atoms with Gasteiger partial charge >= 0.3 is 0 Å². The molecule has 1 saturated carbocycles. The lowest BCUT2D eigenvalue weighted by Gasteiger charge is -2.26. The van der Waals surface area contributed by atoms with Crippen molar-refractivity contribution in [2.24, 2.45) is 0 Å². The molecule has 0 bridgehead atoms. The van der Waals surface area contributed by atoms with Crippen molar-refractivity contribution in [3.8, 4) is 0 Å². The molecule has 26 heavy (non-hydrogen) atoms. The van der Waals surface area contributed by atoms with Crippen LogP contribution in [-0.2, 0) is 13.0 Å². The number of nitrogens with zero attached hydrogens (tertiary/aromatic N) is 1. The van der Waals surface area contributed by atoms with E-state index in [1.165, 1.54) is 12.1 Å². The number of carbonyl (C=O) groups is 1. The molecule has 0 aromatic heterocycles. The summed E-state index contributed by atoms with van der Waals surface area (Å²) in [5, 5.41) is 10.1. The Labute approximate surface area is 151 Å². The predicted molar refractivity (Wildman–Crippen MR) is 93.9 cm³/mol. The summed E-state index contributed by atoms with van der Waals surface area (Å²) < 4.78 is 27.1. The standard InChI is InChI=1S/C21H21F2NO2/c1-12-7-15-11-24(19-3-2-4-20(19)25)21(26)17(15)9-14(12)8-13-5-6-16(22)10-18(13)23/h5-7,9-10,19-20,25H,2-4,8,11H2,1H3. The highest BCUT2D eigenvalue weighted by molar-refractivity contribution is 5.99. The summed E-state index contributed by atoms with van der Waals surface area (Å²) in [4.78, 5) is 14.6. The second kappa shape index (κ2) is 6.47.